The Balaban J connectivity index is 1.94. The maximum atomic E-state index is 12.3. The molecule has 0 aromatic heterocycles. The van der Waals surface area contributed by atoms with Crippen LogP contribution in [0.4, 0.5) is 11.4 Å². The van der Waals surface area contributed by atoms with Gasteiger partial charge in [-0.15, -0.1) is 0 Å². The summed E-state index contributed by atoms with van der Waals surface area (Å²) in [5.74, 6) is 0.955. The molecule has 3 rings (SSSR count). The lowest BCUT2D eigenvalue weighted by atomic mass is 10.2. The van der Waals surface area contributed by atoms with Gasteiger partial charge >= 0.3 is 0 Å². The number of ether oxygens (including phenoxy) is 2. The third kappa shape index (κ3) is 2.77. The summed E-state index contributed by atoms with van der Waals surface area (Å²) in [6.07, 6.45) is 0. The van der Waals surface area contributed by atoms with Crippen LogP contribution in [0, 0.1) is 0 Å². The van der Waals surface area contributed by atoms with Crippen molar-refractivity contribution >= 4 is 37.3 Å². The Hall–Kier alpha value is -1.93. The van der Waals surface area contributed by atoms with E-state index in [-0.39, 0.29) is 23.1 Å². The summed E-state index contributed by atoms with van der Waals surface area (Å²) < 4.78 is 38.3. The van der Waals surface area contributed by atoms with E-state index in [1.807, 2.05) is 0 Å². The molecule has 1 aliphatic heterocycles. The van der Waals surface area contributed by atoms with Gasteiger partial charge < -0.3 is 15.2 Å². The fraction of sp³-hybridized carbons (Fsp3) is 0.0769. The first-order valence-corrected chi connectivity index (χ1v) is 8.21. The van der Waals surface area contributed by atoms with Crippen molar-refractivity contribution in [3.63, 3.8) is 0 Å². The first-order chi connectivity index (χ1) is 9.95. The quantitative estimate of drug-likeness (QED) is 0.810. The number of nitrogens with one attached hydrogen (secondary N) is 1. The number of fused-ring (bicyclic) bond motifs is 1. The number of sulfonamides is 1. The van der Waals surface area contributed by atoms with Crippen LogP contribution in [0.5, 0.6) is 11.5 Å². The summed E-state index contributed by atoms with van der Waals surface area (Å²) >= 11 is 3.26. The minimum atomic E-state index is -3.72. The number of rotatable bonds is 3. The fourth-order valence-electron chi connectivity index (χ4n) is 1.86. The van der Waals surface area contributed by atoms with Gasteiger partial charge in [0.2, 0.25) is 6.79 Å². The molecular weight excluding hydrogens is 360 g/mol. The van der Waals surface area contributed by atoms with Gasteiger partial charge in [0.1, 0.15) is 0 Å². The molecule has 2 aromatic carbocycles. The van der Waals surface area contributed by atoms with Crippen LogP contribution in [0.15, 0.2) is 45.8 Å². The molecule has 0 radical (unpaired) electrons. The van der Waals surface area contributed by atoms with Crippen LogP contribution in [0.2, 0.25) is 0 Å². The number of nitrogen functional groups attached to an aromatic ring is 1. The molecule has 0 bridgehead atoms. The van der Waals surface area contributed by atoms with Crippen molar-refractivity contribution < 1.29 is 17.9 Å². The van der Waals surface area contributed by atoms with E-state index in [9.17, 15) is 8.42 Å². The second kappa shape index (κ2) is 5.12. The van der Waals surface area contributed by atoms with Gasteiger partial charge in [0.15, 0.2) is 11.5 Å². The third-order valence-corrected chi connectivity index (χ3v) is 4.82. The maximum Gasteiger partial charge on any atom is 0.261 e. The molecule has 2 aromatic rings. The average Bonchev–Trinajstić information content (AvgIpc) is 2.86. The molecule has 8 heteroatoms. The molecule has 0 saturated heterocycles. The number of hydrogen-bond acceptors (Lipinski definition) is 5. The molecule has 0 spiro atoms. The number of halogens is 1. The van der Waals surface area contributed by atoms with Gasteiger partial charge in [-0.05, 0) is 24.3 Å². The summed E-state index contributed by atoms with van der Waals surface area (Å²) in [5, 5.41) is 0. The minimum absolute atomic E-state index is 0.0949. The van der Waals surface area contributed by atoms with Crippen LogP contribution in [-0.2, 0) is 10.0 Å². The van der Waals surface area contributed by atoms with E-state index in [1.165, 1.54) is 24.3 Å². The van der Waals surface area contributed by atoms with E-state index in [0.717, 1.165) is 4.47 Å². The highest BCUT2D eigenvalue weighted by atomic mass is 79.9. The smallest absolute Gasteiger partial charge is 0.261 e. The monoisotopic (exact) mass is 370 g/mol. The summed E-state index contributed by atoms with van der Waals surface area (Å²) in [5.41, 5.74) is 6.35. The molecule has 0 fully saturated rings. The zero-order valence-corrected chi connectivity index (χ0v) is 13.1. The predicted molar refractivity (Wildman–Crippen MR) is 81.9 cm³/mol. The van der Waals surface area contributed by atoms with E-state index >= 15 is 0 Å². The Kier molecular flexibility index (Phi) is 3.42. The van der Waals surface area contributed by atoms with Crippen LogP contribution >= 0.6 is 15.9 Å². The number of anilines is 2. The second-order valence-electron chi connectivity index (χ2n) is 4.35. The molecule has 3 N–H and O–H groups in total. The Morgan fingerprint density at radius 2 is 1.71 bits per heavy atom. The van der Waals surface area contributed by atoms with Crippen molar-refractivity contribution in [2.45, 2.75) is 4.90 Å². The lowest BCUT2D eigenvalue weighted by Crippen LogP contribution is -2.14. The molecule has 6 nitrogen and oxygen atoms in total. The molecule has 1 aliphatic rings. The SMILES string of the molecule is Nc1cc2c(cc1NS(=O)(=O)c1ccc(Br)cc1)OCO2. The molecular formula is C13H11BrN2O4S. The molecule has 0 aliphatic carbocycles. The Bertz CT molecular complexity index is 791. The van der Waals surface area contributed by atoms with Crippen molar-refractivity contribution in [2.24, 2.45) is 0 Å². The molecule has 0 amide bonds. The predicted octanol–water partition coefficient (Wildman–Crippen LogP) is 2.56. The average molecular weight is 371 g/mol. The highest BCUT2D eigenvalue weighted by Gasteiger charge is 2.20. The Labute approximate surface area is 130 Å². The fourth-order valence-corrected chi connectivity index (χ4v) is 3.21. The summed E-state index contributed by atoms with van der Waals surface area (Å²) in [7, 11) is -3.72. The molecule has 0 saturated carbocycles. The zero-order valence-electron chi connectivity index (χ0n) is 10.7. The lowest BCUT2D eigenvalue weighted by molar-refractivity contribution is 0.174. The van der Waals surface area contributed by atoms with Crippen LogP contribution < -0.4 is 19.9 Å². The van der Waals surface area contributed by atoms with Gasteiger partial charge in [0.25, 0.3) is 10.0 Å². The summed E-state index contributed by atoms with van der Waals surface area (Å²) in [6, 6.07) is 9.33. The van der Waals surface area contributed by atoms with Gasteiger partial charge in [0, 0.05) is 16.6 Å². The Morgan fingerprint density at radius 3 is 2.38 bits per heavy atom. The van der Waals surface area contributed by atoms with Gasteiger partial charge in [0.05, 0.1) is 16.3 Å². The van der Waals surface area contributed by atoms with Crippen molar-refractivity contribution in [2.75, 3.05) is 17.2 Å². The third-order valence-electron chi connectivity index (χ3n) is 2.91. The normalized spacial score (nSPS) is 13.2. The largest absolute Gasteiger partial charge is 0.454 e. The molecule has 21 heavy (non-hydrogen) atoms. The van der Waals surface area contributed by atoms with Crippen molar-refractivity contribution in [1.82, 2.24) is 0 Å². The summed E-state index contributed by atoms with van der Waals surface area (Å²) in [4.78, 5) is 0.141. The highest BCUT2D eigenvalue weighted by molar-refractivity contribution is 9.10. The number of hydrogen-bond donors (Lipinski definition) is 2. The van der Waals surface area contributed by atoms with Crippen LogP contribution in [0.1, 0.15) is 0 Å². The highest BCUT2D eigenvalue weighted by Crippen LogP contribution is 2.38. The van der Waals surface area contributed by atoms with Crippen molar-refractivity contribution in [3.8, 4) is 11.5 Å². The number of nitrogens with two attached hydrogens (primary N) is 1. The zero-order chi connectivity index (χ0) is 15.0. The van der Waals surface area contributed by atoms with Gasteiger partial charge in [-0.25, -0.2) is 8.42 Å². The van der Waals surface area contributed by atoms with Crippen LogP contribution in [0.25, 0.3) is 0 Å². The topological polar surface area (TPSA) is 90.7 Å². The minimum Gasteiger partial charge on any atom is -0.454 e. The molecule has 1 heterocycles. The van der Waals surface area contributed by atoms with E-state index in [2.05, 4.69) is 20.7 Å². The van der Waals surface area contributed by atoms with Crippen molar-refractivity contribution in [1.29, 1.82) is 0 Å². The first-order valence-electron chi connectivity index (χ1n) is 5.93. The van der Waals surface area contributed by atoms with Gasteiger partial charge in [-0.1, -0.05) is 15.9 Å². The first kappa shape index (κ1) is 14.0. The van der Waals surface area contributed by atoms with Crippen LogP contribution in [-0.4, -0.2) is 15.2 Å². The van der Waals surface area contributed by atoms with E-state index in [1.54, 1.807) is 12.1 Å². The molecule has 0 unspecified atom stereocenters. The summed E-state index contributed by atoms with van der Waals surface area (Å²) in [6.45, 7) is 0.0949. The second-order valence-corrected chi connectivity index (χ2v) is 6.95. The van der Waals surface area contributed by atoms with E-state index in [0.29, 0.717) is 11.5 Å². The maximum absolute atomic E-state index is 12.3. The van der Waals surface area contributed by atoms with Gasteiger partial charge in [-0.2, -0.15) is 0 Å². The lowest BCUT2D eigenvalue weighted by Gasteiger charge is -2.11. The Morgan fingerprint density at radius 1 is 1.10 bits per heavy atom. The standard InChI is InChI=1S/C13H11BrN2O4S/c14-8-1-3-9(4-2-8)21(17,18)16-11-6-13-12(5-10(11)15)19-7-20-13/h1-6,16H,7,15H2. The number of benzene rings is 2. The molecule has 110 valence electrons. The van der Waals surface area contributed by atoms with E-state index < -0.39 is 10.0 Å². The van der Waals surface area contributed by atoms with E-state index in [4.69, 9.17) is 15.2 Å². The van der Waals surface area contributed by atoms with Crippen molar-refractivity contribution in [3.05, 3.63) is 40.9 Å². The molecule has 0 atom stereocenters. The van der Waals surface area contributed by atoms with Crippen LogP contribution in [0.3, 0.4) is 0 Å². The van der Waals surface area contributed by atoms with Gasteiger partial charge in [-0.3, -0.25) is 4.72 Å².